The molecule has 0 unspecified atom stereocenters. The molecule has 0 aliphatic carbocycles. The zero-order valence-corrected chi connectivity index (χ0v) is 10.1. The maximum absolute atomic E-state index is 11.0. The number of nitrogens with zero attached hydrogens (tertiary/aromatic N) is 2. The van der Waals surface area contributed by atoms with Gasteiger partial charge in [0.15, 0.2) is 5.16 Å². The number of carbonyl (C=O) groups is 1. The molecule has 0 radical (unpaired) electrons. The van der Waals surface area contributed by atoms with Crippen LogP contribution in [-0.4, -0.2) is 33.6 Å². The molecule has 16 heavy (non-hydrogen) atoms. The Morgan fingerprint density at radius 3 is 2.88 bits per heavy atom. The number of carbonyl (C=O) groups excluding carboxylic acids is 1. The van der Waals surface area contributed by atoms with Crippen LogP contribution in [0.1, 0.15) is 6.92 Å². The van der Waals surface area contributed by atoms with Crippen LogP contribution in [0.15, 0.2) is 21.6 Å². The monoisotopic (exact) mass is 243 g/mol. The first kappa shape index (κ1) is 12.6. The number of hydrogen-bond acceptors (Lipinski definition) is 5. The van der Waals surface area contributed by atoms with Crippen LogP contribution in [0.3, 0.4) is 0 Å². The highest BCUT2D eigenvalue weighted by Crippen LogP contribution is 2.12. The lowest BCUT2D eigenvalue weighted by molar-refractivity contribution is -0.136. The predicted molar refractivity (Wildman–Crippen MR) is 60.3 cm³/mol. The van der Waals surface area contributed by atoms with Crippen LogP contribution >= 0.6 is 11.8 Å². The van der Waals surface area contributed by atoms with Crippen molar-refractivity contribution in [3.8, 4) is 0 Å². The number of H-pyrrole nitrogens is 1. The van der Waals surface area contributed by atoms with Crippen molar-refractivity contribution < 1.29 is 9.53 Å². The summed E-state index contributed by atoms with van der Waals surface area (Å²) in [5.74, 6) is 0.204. The lowest BCUT2D eigenvalue weighted by Gasteiger charge is -1.98. The minimum absolute atomic E-state index is 0.254. The first-order chi connectivity index (χ1) is 7.56. The van der Waals surface area contributed by atoms with E-state index in [2.05, 4.69) is 14.9 Å². The van der Waals surface area contributed by atoms with Crippen LogP contribution in [0.2, 0.25) is 0 Å². The molecule has 0 fully saturated rings. The first-order valence-electron chi connectivity index (χ1n) is 4.55. The molecule has 1 aromatic heterocycles. The maximum atomic E-state index is 11.0. The minimum atomic E-state index is -0.350. The molecule has 0 bridgehead atoms. The summed E-state index contributed by atoms with van der Waals surface area (Å²) in [6.45, 7) is 1.68. The summed E-state index contributed by atoms with van der Waals surface area (Å²) in [5, 5.41) is 6.74. The molecular formula is C9H13N3O3S. The molecule has 0 saturated heterocycles. The molecule has 0 atom stereocenters. The Labute approximate surface area is 96.7 Å². The predicted octanol–water partition coefficient (Wildman–Crippen LogP) is 0.320. The van der Waals surface area contributed by atoms with Crippen molar-refractivity contribution in [1.82, 2.24) is 14.8 Å². The molecule has 1 rings (SSSR count). The molecule has 0 saturated carbocycles. The van der Waals surface area contributed by atoms with Crippen molar-refractivity contribution in [2.45, 2.75) is 12.1 Å². The van der Waals surface area contributed by atoms with Gasteiger partial charge in [0.25, 0.3) is 0 Å². The lowest BCUT2D eigenvalue weighted by Crippen LogP contribution is -2.12. The van der Waals surface area contributed by atoms with E-state index in [1.165, 1.54) is 23.4 Å². The van der Waals surface area contributed by atoms with E-state index < -0.39 is 0 Å². The maximum Gasteiger partial charge on any atom is 0.343 e. The van der Waals surface area contributed by atoms with Gasteiger partial charge in [-0.05, 0) is 6.92 Å². The highest BCUT2D eigenvalue weighted by molar-refractivity contribution is 7.99. The first-order valence-corrected chi connectivity index (χ1v) is 5.54. The van der Waals surface area contributed by atoms with E-state index in [-0.39, 0.29) is 11.7 Å². The highest BCUT2D eigenvalue weighted by Gasteiger charge is 2.05. The van der Waals surface area contributed by atoms with Crippen LogP contribution in [0.5, 0.6) is 0 Å². The SMILES string of the molecule is COC(=O)C(C)=CCSc1n[nH]c(=O)n1C. The zero-order chi connectivity index (χ0) is 12.1. The Kier molecular flexibility index (Phi) is 4.36. The van der Waals surface area contributed by atoms with Gasteiger partial charge in [-0.15, -0.1) is 5.10 Å². The van der Waals surface area contributed by atoms with Gasteiger partial charge in [-0.1, -0.05) is 17.8 Å². The number of nitrogens with one attached hydrogen (secondary N) is 1. The van der Waals surface area contributed by atoms with Gasteiger partial charge in [0.2, 0.25) is 0 Å². The molecule has 1 N–H and O–H groups in total. The van der Waals surface area contributed by atoms with Gasteiger partial charge in [-0.3, -0.25) is 4.57 Å². The number of esters is 1. The second-order valence-electron chi connectivity index (χ2n) is 3.06. The Balaban J connectivity index is 2.56. The topological polar surface area (TPSA) is 77.0 Å². The number of rotatable bonds is 4. The fourth-order valence-electron chi connectivity index (χ4n) is 0.947. The van der Waals surface area contributed by atoms with Crippen LogP contribution in [0.25, 0.3) is 0 Å². The summed E-state index contributed by atoms with van der Waals surface area (Å²) in [5.41, 5.74) is 0.284. The van der Waals surface area contributed by atoms with Crippen molar-refractivity contribution >= 4 is 17.7 Å². The Morgan fingerprint density at radius 2 is 2.38 bits per heavy atom. The second-order valence-corrected chi connectivity index (χ2v) is 4.05. The van der Waals surface area contributed by atoms with Gasteiger partial charge >= 0.3 is 11.7 Å². The van der Waals surface area contributed by atoms with Gasteiger partial charge in [0, 0.05) is 18.4 Å². The van der Waals surface area contributed by atoms with Crippen molar-refractivity contribution in [2.75, 3.05) is 12.9 Å². The summed E-state index contributed by atoms with van der Waals surface area (Å²) < 4.78 is 5.96. The zero-order valence-electron chi connectivity index (χ0n) is 9.31. The van der Waals surface area contributed by atoms with Crippen molar-refractivity contribution in [2.24, 2.45) is 7.05 Å². The third kappa shape index (κ3) is 2.99. The van der Waals surface area contributed by atoms with Gasteiger partial charge in [-0.2, -0.15) is 0 Å². The highest BCUT2D eigenvalue weighted by atomic mass is 32.2. The minimum Gasteiger partial charge on any atom is -0.466 e. The lowest BCUT2D eigenvalue weighted by atomic mass is 10.3. The standard InChI is InChI=1S/C9H13N3O3S/c1-6(7(13)15-3)4-5-16-9-11-10-8(14)12(9)2/h4H,5H2,1-3H3,(H,10,14). The van der Waals surface area contributed by atoms with E-state index in [9.17, 15) is 9.59 Å². The van der Waals surface area contributed by atoms with Crippen LogP contribution < -0.4 is 5.69 Å². The van der Waals surface area contributed by atoms with E-state index in [0.717, 1.165) is 0 Å². The summed E-state index contributed by atoms with van der Waals surface area (Å²) in [6, 6.07) is 0. The number of ether oxygens (including phenoxy) is 1. The van der Waals surface area contributed by atoms with Gasteiger partial charge in [-0.25, -0.2) is 14.7 Å². The number of hydrogen-bond donors (Lipinski definition) is 1. The van der Waals surface area contributed by atoms with E-state index in [1.54, 1.807) is 20.0 Å². The van der Waals surface area contributed by atoms with Gasteiger partial charge in [0.1, 0.15) is 0 Å². The molecule has 1 aromatic rings. The van der Waals surface area contributed by atoms with E-state index in [4.69, 9.17) is 0 Å². The van der Waals surface area contributed by atoms with Crippen molar-refractivity contribution in [1.29, 1.82) is 0 Å². The molecule has 0 aliphatic rings. The summed E-state index contributed by atoms with van der Waals surface area (Å²) in [6.07, 6.45) is 1.73. The van der Waals surface area contributed by atoms with E-state index in [0.29, 0.717) is 16.5 Å². The van der Waals surface area contributed by atoms with E-state index in [1.807, 2.05) is 0 Å². The third-order valence-corrected chi connectivity index (χ3v) is 2.90. The van der Waals surface area contributed by atoms with Crippen molar-refractivity contribution in [3.63, 3.8) is 0 Å². The smallest absolute Gasteiger partial charge is 0.343 e. The fourth-order valence-corrected chi connectivity index (χ4v) is 1.82. The Bertz CT molecular complexity index is 461. The fraction of sp³-hybridized carbons (Fsp3) is 0.444. The van der Waals surface area contributed by atoms with Crippen molar-refractivity contribution in [3.05, 3.63) is 22.1 Å². The largest absolute Gasteiger partial charge is 0.466 e. The van der Waals surface area contributed by atoms with Crippen LogP contribution in [0, 0.1) is 0 Å². The normalized spacial score (nSPS) is 11.6. The van der Waals surface area contributed by atoms with Gasteiger partial charge < -0.3 is 4.74 Å². The molecule has 1 heterocycles. The summed E-state index contributed by atoms with van der Waals surface area (Å²) in [4.78, 5) is 22.1. The molecule has 6 nitrogen and oxygen atoms in total. The molecule has 7 heteroatoms. The van der Waals surface area contributed by atoms with E-state index >= 15 is 0 Å². The average molecular weight is 243 g/mol. The number of methoxy groups -OCH3 is 1. The Hall–Kier alpha value is -1.50. The summed E-state index contributed by atoms with van der Waals surface area (Å²) >= 11 is 1.36. The molecule has 0 spiro atoms. The molecule has 88 valence electrons. The third-order valence-electron chi connectivity index (χ3n) is 1.95. The average Bonchev–Trinajstić information content (AvgIpc) is 2.59. The number of aromatic amines is 1. The van der Waals surface area contributed by atoms with Gasteiger partial charge in [0.05, 0.1) is 7.11 Å². The van der Waals surface area contributed by atoms with Crippen LogP contribution in [0.4, 0.5) is 0 Å². The quantitative estimate of drug-likeness (QED) is 0.468. The van der Waals surface area contributed by atoms with Crippen LogP contribution in [-0.2, 0) is 16.6 Å². The molecule has 0 aromatic carbocycles. The number of thioether (sulfide) groups is 1. The Morgan fingerprint density at radius 1 is 1.69 bits per heavy atom. The number of aromatic nitrogens is 3. The summed E-state index contributed by atoms with van der Waals surface area (Å²) in [7, 11) is 2.97. The molecule has 0 aliphatic heterocycles. The molecular weight excluding hydrogens is 230 g/mol. The molecule has 0 amide bonds. The second kappa shape index (κ2) is 5.55.